The third-order valence-corrected chi connectivity index (χ3v) is 7.07. The first-order valence-electron chi connectivity index (χ1n) is 9.94. The minimum atomic E-state index is -3.87. The number of imidazole rings is 1. The Balaban J connectivity index is 1.36. The molecule has 0 unspecified atom stereocenters. The molecule has 1 aromatic heterocycles. The molecular formula is C24H16N4O3S. The summed E-state index contributed by atoms with van der Waals surface area (Å²) in [6.07, 6.45) is 1.74. The fourth-order valence-corrected chi connectivity index (χ4v) is 5.43. The van der Waals surface area contributed by atoms with E-state index in [9.17, 15) is 13.2 Å². The average molecular weight is 440 g/mol. The Bertz CT molecular complexity index is 1650. The van der Waals surface area contributed by atoms with Gasteiger partial charge in [-0.25, -0.2) is 13.4 Å². The molecule has 5 aromatic rings. The highest BCUT2D eigenvalue weighted by atomic mass is 32.2. The van der Waals surface area contributed by atoms with E-state index in [0.717, 1.165) is 16.7 Å². The molecule has 2 N–H and O–H groups in total. The fourth-order valence-electron chi connectivity index (χ4n) is 4.16. The summed E-state index contributed by atoms with van der Waals surface area (Å²) in [5.74, 6) is -0.226. The largest absolute Gasteiger partial charge is 0.321 e. The SMILES string of the molecule is O=C1Nc2ccc(S(=O)(=O)Nc3ccc(-n4cnc5ccccc54)cc3)c3cccc1c23. The quantitative estimate of drug-likeness (QED) is 0.429. The maximum atomic E-state index is 13.2. The predicted molar refractivity (Wildman–Crippen MR) is 124 cm³/mol. The van der Waals surface area contributed by atoms with Crippen molar-refractivity contribution in [2.75, 3.05) is 10.0 Å². The molecular weight excluding hydrogens is 424 g/mol. The number of hydrogen-bond acceptors (Lipinski definition) is 4. The number of nitrogens with zero attached hydrogens (tertiary/aromatic N) is 2. The van der Waals surface area contributed by atoms with E-state index in [1.807, 2.05) is 41.0 Å². The maximum absolute atomic E-state index is 13.2. The van der Waals surface area contributed by atoms with Gasteiger partial charge in [0, 0.05) is 33.4 Å². The smallest absolute Gasteiger partial charge is 0.262 e. The van der Waals surface area contributed by atoms with Gasteiger partial charge >= 0.3 is 0 Å². The lowest BCUT2D eigenvalue weighted by molar-refractivity contribution is 0.103. The van der Waals surface area contributed by atoms with Gasteiger partial charge in [-0.15, -0.1) is 0 Å². The number of carbonyl (C=O) groups excluding carboxylic acids is 1. The first-order chi connectivity index (χ1) is 15.5. The van der Waals surface area contributed by atoms with Gasteiger partial charge in [0.1, 0.15) is 6.33 Å². The van der Waals surface area contributed by atoms with Crippen molar-refractivity contribution < 1.29 is 13.2 Å². The summed E-state index contributed by atoms with van der Waals surface area (Å²) < 4.78 is 31.0. The maximum Gasteiger partial charge on any atom is 0.262 e. The van der Waals surface area contributed by atoms with Crippen molar-refractivity contribution in [2.24, 2.45) is 0 Å². The summed E-state index contributed by atoms with van der Waals surface area (Å²) in [4.78, 5) is 16.6. The van der Waals surface area contributed by atoms with E-state index < -0.39 is 10.0 Å². The molecule has 8 heteroatoms. The van der Waals surface area contributed by atoms with E-state index in [0.29, 0.717) is 27.7 Å². The Morgan fingerprint density at radius 2 is 1.69 bits per heavy atom. The number of carbonyl (C=O) groups is 1. The minimum Gasteiger partial charge on any atom is -0.321 e. The average Bonchev–Trinajstić information content (AvgIpc) is 3.37. The molecule has 2 heterocycles. The van der Waals surface area contributed by atoms with Crippen LogP contribution in [0.25, 0.3) is 27.5 Å². The number of nitrogens with one attached hydrogen (secondary N) is 2. The lowest BCUT2D eigenvalue weighted by Gasteiger charge is -2.12. The van der Waals surface area contributed by atoms with Crippen LogP contribution in [0.15, 0.2) is 90.1 Å². The number of fused-ring (bicyclic) bond motifs is 1. The zero-order chi connectivity index (χ0) is 21.9. The number of hydrogen-bond donors (Lipinski definition) is 2. The summed E-state index contributed by atoms with van der Waals surface area (Å²) in [5.41, 5.74) is 4.27. The van der Waals surface area contributed by atoms with Crippen molar-refractivity contribution in [2.45, 2.75) is 4.90 Å². The Hall–Kier alpha value is -4.17. The number of rotatable bonds is 4. The first kappa shape index (κ1) is 18.6. The third kappa shape index (κ3) is 2.77. The first-order valence-corrected chi connectivity index (χ1v) is 11.4. The predicted octanol–water partition coefficient (Wildman–Crippen LogP) is 4.55. The van der Waals surface area contributed by atoms with Gasteiger partial charge in [0.15, 0.2) is 0 Å². The third-order valence-electron chi connectivity index (χ3n) is 5.63. The molecule has 0 spiro atoms. The van der Waals surface area contributed by atoms with E-state index >= 15 is 0 Å². The van der Waals surface area contributed by atoms with Gasteiger partial charge in [0.2, 0.25) is 0 Å². The molecule has 0 bridgehead atoms. The van der Waals surface area contributed by atoms with Crippen LogP contribution >= 0.6 is 0 Å². The molecule has 0 aliphatic carbocycles. The highest BCUT2D eigenvalue weighted by Crippen LogP contribution is 2.37. The van der Waals surface area contributed by atoms with Crippen molar-refractivity contribution in [1.82, 2.24) is 9.55 Å². The number of aromatic nitrogens is 2. The Labute approximate surface area is 183 Å². The molecule has 0 fully saturated rings. The highest BCUT2D eigenvalue weighted by Gasteiger charge is 2.26. The fraction of sp³-hybridized carbons (Fsp3) is 0. The van der Waals surface area contributed by atoms with Gasteiger partial charge < -0.3 is 5.32 Å². The van der Waals surface area contributed by atoms with Crippen LogP contribution in [0.1, 0.15) is 10.4 Å². The van der Waals surface area contributed by atoms with Crippen LogP contribution in [-0.4, -0.2) is 23.9 Å². The standard InChI is InChI=1S/C24H16N4O3S/c29-24-18-5-3-4-17-22(13-12-20(26-24)23(17)18)32(30,31)27-15-8-10-16(11-9-15)28-14-25-19-6-1-2-7-21(19)28/h1-14,27H,(H,26,29). The van der Waals surface area contributed by atoms with Crippen molar-refractivity contribution in [1.29, 1.82) is 0 Å². The summed E-state index contributed by atoms with van der Waals surface area (Å²) in [5, 5.41) is 3.90. The van der Waals surface area contributed by atoms with E-state index in [1.54, 1.807) is 42.7 Å². The van der Waals surface area contributed by atoms with Crippen LogP contribution in [-0.2, 0) is 10.0 Å². The normalized spacial score (nSPS) is 12.9. The van der Waals surface area contributed by atoms with Crippen molar-refractivity contribution in [3.05, 3.63) is 90.8 Å². The van der Waals surface area contributed by atoms with Gasteiger partial charge in [0.05, 0.1) is 15.9 Å². The van der Waals surface area contributed by atoms with Crippen LogP contribution < -0.4 is 10.0 Å². The summed E-state index contributed by atoms with van der Waals surface area (Å²) in [6, 6.07) is 23.1. The van der Waals surface area contributed by atoms with E-state index in [4.69, 9.17) is 0 Å². The molecule has 4 aromatic carbocycles. The van der Waals surface area contributed by atoms with Crippen LogP contribution in [0.3, 0.4) is 0 Å². The molecule has 0 radical (unpaired) electrons. The molecule has 156 valence electrons. The number of benzene rings is 4. The van der Waals surface area contributed by atoms with Crippen LogP contribution in [0.5, 0.6) is 0 Å². The van der Waals surface area contributed by atoms with Crippen LogP contribution in [0, 0.1) is 0 Å². The van der Waals surface area contributed by atoms with Gasteiger partial charge in [0.25, 0.3) is 15.9 Å². The van der Waals surface area contributed by atoms with Crippen LogP contribution in [0.2, 0.25) is 0 Å². The van der Waals surface area contributed by atoms with Crippen LogP contribution in [0.4, 0.5) is 11.4 Å². The Kier molecular flexibility index (Phi) is 3.87. The molecule has 32 heavy (non-hydrogen) atoms. The lowest BCUT2D eigenvalue weighted by Crippen LogP contribution is -2.13. The Morgan fingerprint density at radius 1 is 0.875 bits per heavy atom. The van der Waals surface area contributed by atoms with Crippen molar-refractivity contribution in [3.8, 4) is 5.69 Å². The number of amides is 1. The second-order valence-electron chi connectivity index (χ2n) is 7.55. The highest BCUT2D eigenvalue weighted by molar-refractivity contribution is 7.93. The number of para-hydroxylation sites is 2. The molecule has 0 saturated carbocycles. The summed E-state index contributed by atoms with van der Waals surface area (Å²) in [6.45, 7) is 0. The van der Waals surface area contributed by atoms with Gasteiger partial charge in [-0.3, -0.25) is 14.1 Å². The van der Waals surface area contributed by atoms with Crippen molar-refractivity contribution in [3.63, 3.8) is 0 Å². The zero-order valence-electron chi connectivity index (χ0n) is 16.6. The lowest BCUT2D eigenvalue weighted by atomic mass is 10.1. The van der Waals surface area contributed by atoms with Gasteiger partial charge in [-0.1, -0.05) is 24.3 Å². The van der Waals surface area contributed by atoms with Crippen molar-refractivity contribution >= 4 is 49.1 Å². The molecule has 1 aliphatic heterocycles. The second-order valence-corrected chi connectivity index (χ2v) is 9.20. The molecule has 7 nitrogen and oxygen atoms in total. The van der Waals surface area contributed by atoms with E-state index in [2.05, 4.69) is 15.0 Å². The molecule has 6 rings (SSSR count). The molecule has 1 amide bonds. The monoisotopic (exact) mass is 440 g/mol. The summed E-state index contributed by atoms with van der Waals surface area (Å²) in [7, 11) is -3.87. The number of anilines is 2. The molecule has 0 atom stereocenters. The van der Waals surface area contributed by atoms with E-state index in [1.165, 1.54) is 6.07 Å². The minimum absolute atomic E-state index is 0.124. The van der Waals surface area contributed by atoms with Gasteiger partial charge in [-0.2, -0.15) is 0 Å². The molecule has 1 aliphatic rings. The second kappa shape index (κ2) is 6.66. The topological polar surface area (TPSA) is 93.1 Å². The Morgan fingerprint density at radius 3 is 2.53 bits per heavy atom. The zero-order valence-corrected chi connectivity index (χ0v) is 17.4. The summed E-state index contributed by atoms with van der Waals surface area (Å²) >= 11 is 0. The van der Waals surface area contributed by atoms with Gasteiger partial charge in [-0.05, 0) is 54.6 Å². The number of sulfonamides is 1. The molecule has 0 saturated heterocycles. The van der Waals surface area contributed by atoms with E-state index in [-0.39, 0.29) is 10.8 Å².